The first kappa shape index (κ1) is 50.9. The van der Waals surface area contributed by atoms with E-state index in [1.165, 1.54) is 32.1 Å². The minimum atomic E-state index is 0. The van der Waals surface area contributed by atoms with E-state index in [0.717, 1.165) is 0 Å². The second-order valence-corrected chi connectivity index (χ2v) is 1.77. The molecule has 130 valence electrons. The minimum absolute atomic E-state index is 0. The molecule has 0 bridgehead atoms. The molecule has 0 heterocycles. The van der Waals surface area contributed by atoms with E-state index in [-0.39, 0.29) is 14.9 Å². The maximum Gasteiger partial charge on any atom is -0.0533 e. The third kappa shape index (κ3) is 184. The van der Waals surface area contributed by atoms with Crippen molar-refractivity contribution in [2.24, 2.45) is 0 Å². The van der Waals surface area contributed by atoms with E-state index < -0.39 is 0 Å². The Morgan fingerprint density at radius 3 is 0.368 bits per heavy atom. The largest absolute Gasteiger partial charge is 0.0776 e. The van der Waals surface area contributed by atoms with E-state index in [0.29, 0.717) is 0 Å². The first-order chi connectivity index (χ1) is 8.50. The molecule has 0 aromatic carbocycles. The maximum absolute atomic E-state index is 2.00. The summed E-state index contributed by atoms with van der Waals surface area (Å²) >= 11 is 0. The van der Waals surface area contributed by atoms with Crippen molar-refractivity contribution in [2.75, 3.05) is 0 Å². The van der Waals surface area contributed by atoms with Crippen LogP contribution in [0.1, 0.15) is 130 Å². The lowest BCUT2D eigenvalue weighted by atomic mass is 10.4. The van der Waals surface area contributed by atoms with Crippen LogP contribution in [-0.2, 0) is 0 Å². The van der Waals surface area contributed by atoms with Crippen molar-refractivity contribution < 1.29 is 0 Å². The maximum atomic E-state index is 2.00. The molecule has 0 radical (unpaired) electrons. The molecule has 0 nitrogen and oxygen atoms in total. The summed E-state index contributed by atoms with van der Waals surface area (Å²) < 4.78 is 0. The molecule has 1 aliphatic carbocycles. The molecule has 0 N–H and O–H groups in total. The van der Waals surface area contributed by atoms with Crippen LogP contribution in [0.5, 0.6) is 0 Å². The van der Waals surface area contributed by atoms with Crippen LogP contribution in [0.3, 0.4) is 0 Å². The highest BCUT2D eigenvalue weighted by Crippen LogP contribution is 2.15. The topological polar surface area (TPSA) is 0 Å². The molecule has 1 saturated carbocycles. The summed E-state index contributed by atoms with van der Waals surface area (Å²) in [5.74, 6) is 0. The van der Waals surface area contributed by atoms with Gasteiger partial charge >= 0.3 is 0 Å². The van der Waals surface area contributed by atoms with Crippen molar-refractivity contribution in [1.29, 1.82) is 0 Å². The smallest absolute Gasteiger partial charge is 0.0533 e. The molecule has 0 aromatic rings. The SMILES string of the molecule is C.C.C1CCCC1.CC.CC.CC.CC.CC.CC. The standard InChI is InChI=1S/C5H10.6C2H6.2CH4/c1-2-4-5-3-1;6*1-2;;/h1-5H2;6*1-2H3;2*1H4. The highest BCUT2D eigenvalue weighted by Gasteiger charge is 1.95. The van der Waals surface area contributed by atoms with Gasteiger partial charge in [-0.2, -0.15) is 0 Å². The lowest BCUT2D eigenvalue weighted by molar-refractivity contribution is 0.886. The monoisotopic (exact) mass is 282 g/mol. The van der Waals surface area contributed by atoms with Crippen molar-refractivity contribution >= 4 is 0 Å². The first-order valence-corrected chi connectivity index (χ1v) is 8.50. The fourth-order valence-corrected chi connectivity index (χ4v) is 0.884. The van der Waals surface area contributed by atoms with Gasteiger partial charge in [0.05, 0.1) is 0 Å². The fourth-order valence-electron chi connectivity index (χ4n) is 0.884. The van der Waals surface area contributed by atoms with Crippen molar-refractivity contribution in [3.05, 3.63) is 0 Å². The van der Waals surface area contributed by atoms with Gasteiger partial charge in [-0.25, -0.2) is 0 Å². The Labute approximate surface area is 130 Å². The van der Waals surface area contributed by atoms with Gasteiger partial charge in [-0.1, -0.05) is 130 Å². The second kappa shape index (κ2) is 208. The third-order valence-corrected chi connectivity index (χ3v) is 1.25. The van der Waals surface area contributed by atoms with Gasteiger partial charge in [0.15, 0.2) is 0 Å². The Morgan fingerprint density at radius 2 is 0.316 bits per heavy atom. The van der Waals surface area contributed by atoms with Gasteiger partial charge in [0.25, 0.3) is 0 Å². The molecule has 0 spiro atoms. The molecule has 0 heteroatoms. The molecule has 1 aliphatic rings. The van der Waals surface area contributed by atoms with E-state index in [4.69, 9.17) is 0 Å². The van der Waals surface area contributed by atoms with Crippen LogP contribution in [0.4, 0.5) is 0 Å². The molecule has 19 heavy (non-hydrogen) atoms. The number of hydrogen-bond donors (Lipinski definition) is 0. The van der Waals surface area contributed by atoms with E-state index in [2.05, 4.69) is 0 Å². The molecule has 0 aromatic heterocycles. The zero-order valence-corrected chi connectivity index (χ0v) is 15.5. The molecule has 0 amide bonds. The lowest BCUT2D eigenvalue weighted by Gasteiger charge is -1.67. The predicted molar refractivity (Wildman–Crippen MR) is 105 cm³/mol. The Hall–Kier alpha value is 0. The normalized spacial score (nSPS) is 8.21. The molecule has 1 rings (SSSR count). The summed E-state index contributed by atoms with van der Waals surface area (Å²) in [4.78, 5) is 0. The van der Waals surface area contributed by atoms with Gasteiger partial charge in [-0.15, -0.1) is 0 Å². The van der Waals surface area contributed by atoms with Crippen LogP contribution in [0.2, 0.25) is 0 Å². The van der Waals surface area contributed by atoms with Gasteiger partial charge < -0.3 is 0 Å². The van der Waals surface area contributed by atoms with Crippen LogP contribution < -0.4 is 0 Å². The molecule has 0 unspecified atom stereocenters. The van der Waals surface area contributed by atoms with E-state index in [1.54, 1.807) is 0 Å². The summed E-state index contributed by atoms with van der Waals surface area (Å²) in [6.07, 6.45) is 7.50. The summed E-state index contributed by atoms with van der Waals surface area (Å²) in [6, 6.07) is 0. The Morgan fingerprint density at radius 1 is 0.263 bits per heavy atom. The number of hydrogen-bond acceptors (Lipinski definition) is 0. The average Bonchev–Trinajstić information content (AvgIpc) is 3.10. The first-order valence-electron chi connectivity index (χ1n) is 8.50. The molecule has 0 aliphatic heterocycles. The van der Waals surface area contributed by atoms with Gasteiger partial charge in [-0.05, 0) is 0 Å². The van der Waals surface area contributed by atoms with Crippen molar-refractivity contribution in [1.82, 2.24) is 0 Å². The van der Waals surface area contributed by atoms with Crippen molar-refractivity contribution in [2.45, 2.75) is 130 Å². The highest BCUT2D eigenvalue weighted by atomic mass is 14.0. The molecule has 1 fully saturated rings. The minimum Gasteiger partial charge on any atom is -0.0776 e. The van der Waals surface area contributed by atoms with Crippen molar-refractivity contribution in [3.63, 3.8) is 0 Å². The second-order valence-electron chi connectivity index (χ2n) is 1.77. The Bertz CT molecular complexity index is 11.6. The van der Waals surface area contributed by atoms with Crippen LogP contribution in [0.15, 0.2) is 0 Å². The quantitative estimate of drug-likeness (QED) is 0.415. The summed E-state index contributed by atoms with van der Waals surface area (Å²) in [6.45, 7) is 24.0. The van der Waals surface area contributed by atoms with E-state index >= 15 is 0 Å². The third-order valence-electron chi connectivity index (χ3n) is 1.25. The molecular weight excluding hydrogens is 228 g/mol. The van der Waals surface area contributed by atoms with Gasteiger partial charge in [0, 0.05) is 0 Å². The lowest BCUT2D eigenvalue weighted by Crippen LogP contribution is -1.47. The van der Waals surface area contributed by atoms with E-state index in [1.807, 2.05) is 83.1 Å². The Balaban J connectivity index is -0.0000000130. The highest BCUT2D eigenvalue weighted by molar-refractivity contribution is 4.51. The van der Waals surface area contributed by atoms with Crippen LogP contribution >= 0.6 is 0 Å². The fraction of sp³-hybridized carbons (Fsp3) is 1.00. The van der Waals surface area contributed by atoms with Gasteiger partial charge in [0.1, 0.15) is 0 Å². The van der Waals surface area contributed by atoms with Gasteiger partial charge in [-0.3, -0.25) is 0 Å². The molecule has 0 atom stereocenters. The molecular formula is C19H54. The van der Waals surface area contributed by atoms with Crippen LogP contribution in [0.25, 0.3) is 0 Å². The van der Waals surface area contributed by atoms with Crippen LogP contribution in [-0.4, -0.2) is 0 Å². The zero-order valence-electron chi connectivity index (χ0n) is 15.5. The summed E-state index contributed by atoms with van der Waals surface area (Å²) in [5, 5.41) is 0. The summed E-state index contributed by atoms with van der Waals surface area (Å²) in [7, 11) is 0. The number of rotatable bonds is 0. The summed E-state index contributed by atoms with van der Waals surface area (Å²) in [5.41, 5.74) is 0. The van der Waals surface area contributed by atoms with E-state index in [9.17, 15) is 0 Å². The average molecular weight is 283 g/mol. The zero-order chi connectivity index (χ0) is 15.5. The molecule has 0 saturated heterocycles. The van der Waals surface area contributed by atoms with Gasteiger partial charge in [0.2, 0.25) is 0 Å². The predicted octanol–water partition coefficient (Wildman–Crippen LogP) is 9.38. The van der Waals surface area contributed by atoms with Crippen LogP contribution in [0, 0.1) is 0 Å². The van der Waals surface area contributed by atoms with Crippen molar-refractivity contribution in [3.8, 4) is 0 Å². The Kier molecular flexibility index (Phi) is 557.